The summed E-state index contributed by atoms with van der Waals surface area (Å²) in [4.78, 5) is 28.6. The van der Waals surface area contributed by atoms with Crippen LogP contribution in [0, 0.1) is 11.6 Å². The van der Waals surface area contributed by atoms with Crippen LogP contribution in [0.2, 0.25) is 0 Å². The highest BCUT2D eigenvalue weighted by molar-refractivity contribution is 7.89. The molecule has 0 aromatic heterocycles. The fourth-order valence-electron chi connectivity index (χ4n) is 5.40. The minimum absolute atomic E-state index is 0.00319. The fraction of sp³-hybridized carbons (Fsp3) is 0.444. The number of nitrogens with one attached hydrogen (secondary N) is 3. The first-order chi connectivity index (χ1) is 23.3. The van der Waals surface area contributed by atoms with E-state index in [0.29, 0.717) is 32.5 Å². The Balaban J connectivity index is 1.98. The smallest absolute Gasteiger partial charge is 0.253 e. The summed E-state index contributed by atoms with van der Waals surface area (Å²) < 4.78 is 57.1. The van der Waals surface area contributed by atoms with Gasteiger partial charge in [0.05, 0.1) is 23.6 Å². The number of carbonyl (C=O) groups is 2. The van der Waals surface area contributed by atoms with Crippen molar-refractivity contribution in [2.45, 2.75) is 83.0 Å². The Bertz CT molecular complexity index is 1650. The molecule has 13 heteroatoms. The van der Waals surface area contributed by atoms with Gasteiger partial charge in [-0.15, -0.1) is 0 Å². The van der Waals surface area contributed by atoms with E-state index in [1.165, 1.54) is 19.1 Å². The first-order valence-electron chi connectivity index (χ1n) is 16.6. The molecule has 0 radical (unpaired) electrons. The Kier molecular flexibility index (Phi) is 15.3. The summed E-state index contributed by atoms with van der Waals surface area (Å²) in [6.07, 6.45) is 0.773. The molecule has 3 rings (SSSR count). The lowest BCUT2D eigenvalue weighted by Gasteiger charge is -2.26. The number of carbonyl (C=O) groups excluding carboxylic acids is 2. The lowest BCUT2D eigenvalue weighted by molar-refractivity contribution is 0.0755. The van der Waals surface area contributed by atoms with Crippen LogP contribution in [0.5, 0.6) is 0 Å². The van der Waals surface area contributed by atoms with Crippen molar-refractivity contribution in [1.82, 2.24) is 20.3 Å². The van der Waals surface area contributed by atoms with Crippen LogP contribution in [0.1, 0.15) is 77.9 Å². The van der Waals surface area contributed by atoms with Gasteiger partial charge in [-0.1, -0.05) is 45.0 Å². The molecule has 0 fully saturated rings. The largest absolute Gasteiger partial charge is 0.395 e. The van der Waals surface area contributed by atoms with Gasteiger partial charge in [0.15, 0.2) is 0 Å². The number of amides is 2. The van der Waals surface area contributed by atoms with Gasteiger partial charge in [-0.05, 0) is 79.6 Å². The molecule has 268 valence electrons. The molecule has 2 amide bonds. The minimum Gasteiger partial charge on any atom is -0.395 e. The Hall–Kier alpha value is -3.75. The molecule has 0 saturated carbocycles. The first-order valence-corrected chi connectivity index (χ1v) is 18.1. The molecule has 3 aromatic rings. The Labute approximate surface area is 288 Å². The van der Waals surface area contributed by atoms with E-state index >= 15 is 0 Å². The number of sulfonamides is 1. The third-order valence-corrected chi connectivity index (χ3v) is 9.44. The number of aryl methyl sites for hydroxylation is 1. The maximum atomic E-state index is 14.1. The second kappa shape index (κ2) is 18.9. The van der Waals surface area contributed by atoms with Crippen molar-refractivity contribution in [2.24, 2.45) is 0 Å². The quantitative estimate of drug-likeness (QED) is 0.127. The standard InChI is InChI=1S/C36H48F2N4O6S/c1-5-11-42(12-6-2)36(46)29-17-28(18-32(19-29)49(47,48)41-24(4)23-43)35(45)40-33(16-27-14-30(37)20-31(38)15-27)34(44)22-39-21-26-10-8-9-25(7-3)13-26/h8-10,13-15,17-20,24,33-34,39,41,43-44H,5-7,11-12,16,21-23H2,1-4H3,(H,40,45)/t24-,33+,34-/m1/s1. The van der Waals surface area contributed by atoms with Gasteiger partial charge in [-0.2, -0.15) is 0 Å². The highest BCUT2D eigenvalue weighted by Gasteiger charge is 2.27. The van der Waals surface area contributed by atoms with Crippen LogP contribution in [0.15, 0.2) is 65.6 Å². The van der Waals surface area contributed by atoms with Crippen molar-refractivity contribution in [1.29, 1.82) is 0 Å². The molecule has 0 aliphatic heterocycles. The van der Waals surface area contributed by atoms with E-state index in [1.54, 1.807) is 4.90 Å². The van der Waals surface area contributed by atoms with Crippen LogP contribution in [0.4, 0.5) is 8.78 Å². The number of aliphatic hydroxyl groups is 2. The summed E-state index contributed by atoms with van der Waals surface area (Å²) in [6, 6.07) is 12.5. The summed E-state index contributed by atoms with van der Waals surface area (Å²) in [5.41, 5.74) is 2.10. The van der Waals surface area contributed by atoms with Crippen molar-refractivity contribution in [3.05, 3.63) is 100 Å². The zero-order valence-electron chi connectivity index (χ0n) is 28.5. The molecular weight excluding hydrogens is 654 g/mol. The Morgan fingerprint density at radius 3 is 2.12 bits per heavy atom. The highest BCUT2D eigenvalue weighted by atomic mass is 32.2. The van der Waals surface area contributed by atoms with Crippen LogP contribution in [-0.2, 0) is 29.4 Å². The molecule has 5 N–H and O–H groups in total. The van der Waals surface area contributed by atoms with E-state index in [1.807, 2.05) is 45.0 Å². The predicted octanol–water partition coefficient (Wildman–Crippen LogP) is 3.94. The van der Waals surface area contributed by atoms with Gasteiger partial charge in [-0.25, -0.2) is 21.9 Å². The number of halogens is 2. The van der Waals surface area contributed by atoms with E-state index in [2.05, 4.69) is 15.4 Å². The number of aliphatic hydroxyl groups excluding tert-OH is 2. The molecule has 10 nitrogen and oxygen atoms in total. The molecule has 0 spiro atoms. The van der Waals surface area contributed by atoms with E-state index < -0.39 is 58.3 Å². The second-order valence-corrected chi connectivity index (χ2v) is 13.9. The third kappa shape index (κ3) is 12.0. The molecule has 3 atom stereocenters. The van der Waals surface area contributed by atoms with Crippen molar-refractivity contribution in [3.8, 4) is 0 Å². The Morgan fingerprint density at radius 1 is 0.878 bits per heavy atom. The molecule has 0 heterocycles. The zero-order valence-corrected chi connectivity index (χ0v) is 29.3. The molecule has 0 saturated heterocycles. The van der Waals surface area contributed by atoms with Crippen LogP contribution in [-0.4, -0.2) is 79.8 Å². The van der Waals surface area contributed by atoms with E-state index in [4.69, 9.17) is 0 Å². The van der Waals surface area contributed by atoms with Gasteiger partial charge in [0, 0.05) is 49.4 Å². The minimum atomic E-state index is -4.28. The van der Waals surface area contributed by atoms with Gasteiger partial charge in [0.2, 0.25) is 10.0 Å². The molecule has 3 aromatic carbocycles. The average Bonchev–Trinajstić information content (AvgIpc) is 3.06. The predicted molar refractivity (Wildman–Crippen MR) is 185 cm³/mol. The lowest BCUT2D eigenvalue weighted by atomic mass is 9.99. The monoisotopic (exact) mass is 702 g/mol. The average molecular weight is 703 g/mol. The number of hydrogen-bond donors (Lipinski definition) is 5. The number of rotatable bonds is 19. The number of hydrogen-bond acceptors (Lipinski definition) is 7. The molecule has 0 unspecified atom stereocenters. The van der Waals surface area contributed by atoms with Crippen LogP contribution < -0.4 is 15.4 Å². The van der Waals surface area contributed by atoms with E-state index in [0.717, 1.165) is 41.8 Å². The molecular formula is C36H48F2N4O6S. The topological polar surface area (TPSA) is 148 Å². The summed E-state index contributed by atoms with van der Waals surface area (Å²) >= 11 is 0. The van der Waals surface area contributed by atoms with E-state index in [-0.39, 0.29) is 34.6 Å². The molecule has 0 aliphatic rings. The SMILES string of the molecule is CCCN(CCC)C(=O)c1cc(C(=O)N[C@@H](Cc2cc(F)cc(F)c2)[C@H](O)CNCc2cccc(CC)c2)cc(S(=O)(=O)N[C@H](C)CO)c1. The Morgan fingerprint density at radius 2 is 1.51 bits per heavy atom. The van der Waals surface area contributed by atoms with E-state index in [9.17, 15) is 37.0 Å². The maximum absolute atomic E-state index is 14.1. The van der Waals surface area contributed by atoms with Gasteiger partial charge in [0.1, 0.15) is 11.6 Å². The van der Waals surface area contributed by atoms with Gasteiger partial charge < -0.3 is 25.7 Å². The zero-order chi connectivity index (χ0) is 36.1. The van der Waals surface area contributed by atoms with Crippen LogP contribution in [0.25, 0.3) is 0 Å². The van der Waals surface area contributed by atoms with Crippen LogP contribution in [0.3, 0.4) is 0 Å². The number of benzene rings is 3. The maximum Gasteiger partial charge on any atom is 0.253 e. The lowest BCUT2D eigenvalue weighted by Crippen LogP contribution is -2.48. The number of nitrogens with zero attached hydrogens (tertiary/aromatic N) is 1. The molecule has 0 bridgehead atoms. The van der Waals surface area contributed by atoms with Crippen molar-refractivity contribution < 1.29 is 37.0 Å². The summed E-state index contributed by atoms with van der Waals surface area (Å²) in [6.45, 7) is 8.08. The normalized spacial score (nSPS) is 13.5. The van der Waals surface area contributed by atoms with Crippen molar-refractivity contribution in [3.63, 3.8) is 0 Å². The molecule has 0 aliphatic carbocycles. The van der Waals surface area contributed by atoms with Gasteiger partial charge in [-0.3, -0.25) is 9.59 Å². The van der Waals surface area contributed by atoms with Crippen molar-refractivity contribution in [2.75, 3.05) is 26.2 Å². The van der Waals surface area contributed by atoms with Crippen molar-refractivity contribution >= 4 is 21.8 Å². The summed E-state index contributed by atoms with van der Waals surface area (Å²) in [5.74, 6) is -2.92. The second-order valence-electron chi connectivity index (χ2n) is 12.2. The summed E-state index contributed by atoms with van der Waals surface area (Å²) in [5, 5.41) is 26.6. The third-order valence-electron chi connectivity index (χ3n) is 7.87. The first kappa shape index (κ1) is 39.7. The van der Waals surface area contributed by atoms with Gasteiger partial charge in [0.25, 0.3) is 11.8 Å². The van der Waals surface area contributed by atoms with Crippen LogP contribution >= 0.6 is 0 Å². The molecule has 49 heavy (non-hydrogen) atoms. The summed E-state index contributed by atoms with van der Waals surface area (Å²) in [7, 11) is -4.28. The van der Waals surface area contributed by atoms with Gasteiger partial charge >= 0.3 is 0 Å². The highest BCUT2D eigenvalue weighted by Crippen LogP contribution is 2.20. The fourth-order valence-corrected chi connectivity index (χ4v) is 6.70.